The van der Waals surface area contributed by atoms with Crippen LogP contribution in [0.5, 0.6) is 11.5 Å². The largest absolute Gasteiger partial charge is 0.497 e. The molecule has 1 heterocycles. The first-order chi connectivity index (χ1) is 12.5. The van der Waals surface area contributed by atoms with Crippen LogP contribution in [0.4, 0.5) is 5.69 Å². The van der Waals surface area contributed by atoms with Gasteiger partial charge in [-0.05, 0) is 31.2 Å². The molecule has 0 aliphatic carbocycles. The Hall–Kier alpha value is -3.42. The van der Waals surface area contributed by atoms with E-state index >= 15 is 0 Å². The van der Waals surface area contributed by atoms with Gasteiger partial charge < -0.3 is 14.8 Å². The fourth-order valence-corrected chi connectivity index (χ4v) is 2.09. The number of hydrazone groups is 1. The van der Waals surface area contributed by atoms with Crippen molar-refractivity contribution in [2.75, 3.05) is 19.5 Å². The monoisotopic (exact) mass is 356 g/mol. The maximum absolute atomic E-state index is 12.2. The average Bonchev–Trinajstić information content (AvgIpc) is 2.66. The Bertz CT molecular complexity index is 806. The number of pyridine rings is 1. The van der Waals surface area contributed by atoms with Gasteiger partial charge in [0.25, 0.3) is 5.91 Å². The summed E-state index contributed by atoms with van der Waals surface area (Å²) >= 11 is 0. The lowest BCUT2D eigenvalue weighted by molar-refractivity contribution is -0.115. The number of amides is 2. The Morgan fingerprint density at radius 3 is 2.65 bits per heavy atom. The van der Waals surface area contributed by atoms with Gasteiger partial charge in [-0.1, -0.05) is 0 Å². The van der Waals surface area contributed by atoms with Gasteiger partial charge in [-0.25, -0.2) is 5.43 Å². The van der Waals surface area contributed by atoms with Gasteiger partial charge in [-0.3, -0.25) is 14.6 Å². The van der Waals surface area contributed by atoms with E-state index in [1.807, 2.05) is 0 Å². The highest BCUT2D eigenvalue weighted by molar-refractivity contribution is 6.06. The molecule has 0 bridgehead atoms. The summed E-state index contributed by atoms with van der Waals surface area (Å²) in [5, 5.41) is 6.67. The number of rotatable bonds is 7. The number of carbonyl (C=O) groups is 2. The first-order valence-corrected chi connectivity index (χ1v) is 7.79. The van der Waals surface area contributed by atoms with Gasteiger partial charge >= 0.3 is 0 Å². The minimum absolute atomic E-state index is 0.00762. The van der Waals surface area contributed by atoms with E-state index in [9.17, 15) is 9.59 Å². The van der Waals surface area contributed by atoms with Crippen molar-refractivity contribution in [1.29, 1.82) is 0 Å². The molecular formula is C18H20N4O4. The lowest BCUT2D eigenvalue weighted by Crippen LogP contribution is -2.21. The molecule has 0 radical (unpaired) electrons. The third-order valence-corrected chi connectivity index (χ3v) is 3.37. The smallest absolute Gasteiger partial charge is 0.272 e. The first kappa shape index (κ1) is 18.9. The normalized spacial score (nSPS) is 10.8. The van der Waals surface area contributed by atoms with Crippen LogP contribution in [-0.2, 0) is 4.79 Å². The summed E-state index contributed by atoms with van der Waals surface area (Å²) in [4.78, 5) is 27.9. The van der Waals surface area contributed by atoms with E-state index in [1.54, 1.807) is 43.5 Å². The number of hydrogen-bond acceptors (Lipinski definition) is 6. The van der Waals surface area contributed by atoms with E-state index < -0.39 is 5.91 Å². The maximum atomic E-state index is 12.2. The van der Waals surface area contributed by atoms with Crippen molar-refractivity contribution in [3.05, 3.63) is 48.3 Å². The van der Waals surface area contributed by atoms with Gasteiger partial charge in [0.15, 0.2) is 0 Å². The fourth-order valence-electron chi connectivity index (χ4n) is 2.09. The predicted molar refractivity (Wildman–Crippen MR) is 97.6 cm³/mol. The molecule has 8 nitrogen and oxygen atoms in total. The molecule has 2 amide bonds. The van der Waals surface area contributed by atoms with Crippen molar-refractivity contribution in [2.45, 2.75) is 13.3 Å². The van der Waals surface area contributed by atoms with Crippen LogP contribution in [0.2, 0.25) is 0 Å². The third-order valence-electron chi connectivity index (χ3n) is 3.37. The zero-order chi connectivity index (χ0) is 18.9. The molecule has 0 aliphatic rings. The Morgan fingerprint density at radius 2 is 2.00 bits per heavy atom. The molecule has 0 unspecified atom stereocenters. The van der Waals surface area contributed by atoms with Crippen molar-refractivity contribution in [1.82, 2.24) is 10.4 Å². The highest BCUT2D eigenvalue weighted by atomic mass is 16.5. The Kier molecular flexibility index (Phi) is 6.67. The highest BCUT2D eigenvalue weighted by Crippen LogP contribution is 2.28. The van der Waals surface area contributed by atoms with Gasteiger partial charge in [0.1, 0.15) is 11.5 Å². The lowest BCUT2D eigenvalue weighted by atomic mass is 10.2. The van der Waals surface area contributed by atoms with Crippen LogP contribution in [0.1, 0.15) is 23.7 Å². The molecular weight excluding hydrogens is 336 g/mol. The number of ether oxygens (including phenoxy) is 2. The number of nitrogens with one attached hydrogen (secondary N) is 2. The van der Waals surface area contributed by atoms with Crippen molar-refractivity contribution in [3.8, 4) is 11.5 Å². The zero-order valence-corrected chi connectivity index (χ0v) is 14.8. The Labute approximate surface area is 151 Å². The van der Waals surface area contributed by atoms with Gasteiger partial charge in [0.05, 0.1) is 31.9 Å². The van der Waals surface area contributed by atoms with E-state index in [-0.39, 0.29) is 12.3 Å². The molecule has 0 atom stereocenters. The molecule has 1 aromatic heterocycles. The fraction of sp³-hybridized carbons (Fsp3) is 0.222. The molecule has 0 fully saturated rings. The van der Waals surface area contributed by atoms with Gasteiger partial charge in [0, 0.05) is 24.2 Å². The molecule has 0 saturated carbocycles. The molecule has 1 aromatic carbocycles. The van der Waals surface area contributed by atoms with Crippen LogP contribution in [0, 0.1) is 0 Å². The summed E-state index contributed by atoms with van der Waals surface area (Å²) in [7, 11) is 3.05. The van der Waals surface area contributed by atoms with E-state index in [2.05, 4.69) is 20.8 Å². The van der Waals surface area contributed by atoms with E-state index in [1.165, 1.54) is 20.4 Å². The van der Waals surface area contributed by atoms with Crippen LogP contribution >= 0.6 is 0 Å². The minimum Gasteiger partial charge on any atom is -0.497 e. The highest BCUT2D eigenvalue weighted by Gasteiger charge is 2.11. The predicted octanol–water partition coefficient (Wildman–Crippen LogP) is 2.23. The lowest BCUT2D eigenvalue weighted by Gasteiger charge is -2.11. The summed E-state index contributed by atoms with van der Waals surface area (Å²) < 4.78 is 10.4. The minimum atomic E-state index is -0.396. The summed E-state index contributed by atoms with van der Waals surface area (Å²) in [5.41, 5.74) is 3.71. The Morgan fingerprint density at radius 1 is 1.19 bits per heavy atom. The standard InChI is InChI=1S/C18H20N4O4/c1-12(21-22-18(24)13-5-4-8-19-11-13)9-17(23)20-15-10-14(25-2)6-7-16(15)26-3/h4-8,10-11H,9H2,1-3H3,(H,20,23)(H,22,24)/b21-12+. The van der Waals surface area contributed by atoms with Crippen LogP contribution < -0.4 is 20.2 Å². The van der Waals surface area contributed by atoms with Crippen molar-refractivity contribution < 1.29 is 19.1 Å². The molecule has 0 saturated heterocycles. The second-order valence-corrected chi connectivity index (χ2v) is 5.32. The number of aromatic nitrogens is 1. The van der Waals surface area contributed by atoms with Gasteiger partial charge in [-0.15, -0.1) is 0 Å². The van der Waals surface area contributed by atoms with Crippen molar-refractivity contribution in [2.24, 2.45) is 5.10 Å². The quantitative estimate of drug-likeness (QED) is 0.585. The number of carbonyl (C=O) groups excluding carboxylic acids is 2. The summed E-state index contributed by atoms with van der Waals surface area (Å²) in [6, 6.07) is 8.36. The molecule has 8 heteroatoms. The van der Waals surface area contributed by atoms with E-state index in [4.69, 9.17) is 9.47 Å². The molecule has 0 spiro atoms. The molecule has 0 aliphatic heterocycles. The molecule has 2 aromatic rings. The average molecular weight is 356 g/mol. The summed E-state index contributed by atoms with van der Waals surface area (Å²) in [6.07, 6.45) is 3.01. The summed E-state index contributed by atoms with van der Waals surface area (Å²) in [6.45, 7) is 1.64. The first-order valence-electron chi connectivity index (χ1n) is 7.79. The van der Waals surface area contributed by atoms with Gasteiger partial charge in [-0.2, -0.15) is 5.10 Å². The van der Waals surface area contributed by atoms with Crippen molar-refractivity contribution in [3.63, 3.8) is 0 Å². The molecule has 2 rings (SSSR count). The van der Waals surface area contributed by atoms with Crippen LogP contribution in [0.15, 0.2) is 47.8 Å². The Balaban J connectivity index is 1.95. The summed E-state index contributed by atoms with van der Waals surface area (Å²) in [5.74, 6) is 0.412. The number of hydrogen-bond donors (Lipinski definition) is 2. The second-order valence-electron chi connectivity index (χ2n) is 5.32. The second kappa shape index (κ2) is 9.16. The number of nitrogens with zero attached hydrogens (tertiary/aromatic N) is 2. The molecule has 2 N–H and O–H groups in total. The van der Waals surface area contributed by atoms with E-state index in [0.29, 0.717) is 28.5 Å². The SMILES string of the molecule is COc1ccc(OC)c(NC(=O)C/C(C)=N/NC(=O)c2cccnc2)c1. The van der Waals surface area contributed by atoms with Crippen LogP contribution in [-0.4, -0.2) is 36.7 Å². The van der Waals surface area contributed by atoms with Crippen LogP contribution in [0.3, 0.4) is 0 Å². The zero-order valence-electron chi connectivity index (χ0n) is 14.8. The number of methoxy groups -OCH3 is 2. The third kappa shape index (κ3) is 5.30. The van der Waals surface area contributed by atoms with Crippen molar-refractivity contribution >= 4 is 23.2 Å². The van der Waals surface area contributed by atoms with Crippen LogP contribution in [0.25, 0.3) is 0 Å². The number of anilines is 1. The topological polar surface area (TPSA) is 102 Å². The van der Waals surface area contributed by atoms with E-state index in [0.717, 1.165) is 0 Å². The molecule has 136 valence electrons. The maximum Gasteiger partial charge on any atom is 0.272 e. The number of benzene rings is 1. The molecule has 26 heavy (non-hydrogen) atoms. The van der Waals surface area contributed by atoms with Gasteiger partial charge in [0.2, 0.25) is 5.91 Å².